The van der Waals surface area contributed by atoms with Crippen LogP contribution in [0.1, 0.15) is 37.7 Å². The van der Waals surface area contributed by atoms with E-state index in [0.29, 0.717) is 0 Å². The molecule has 0 radical (unpaired) electrons. The molecule has 0 spiro atoms. The fraction of sp³-hybridized carbons (Fsp3) is 0.429. The molecule has 1 aliphatic carbocycles. The van der Waals surface area contributed by atoms with Crippen molar-refractivity contribution in [3.05, 3.63) is 36.0 Å². The van der Waals surface area contributed by atoms with Gasteiger partial charge in [0.1, 0.15) is 0 Å². The monoisotopic (exact) mass is 214 g/mol. The molecular formula is C14H18N2. The molecule has 16 heavy (non-hydrogen) atoms. The summed E-state index contributed by atoms with van der Waals surface area (Å²) >= 11 is 0. The van der Waals surface area contributed by atoms with Gasteiger partial charge in [0.2, 0.25) is 0 Å². The van der Waals surface area contributed by atoms with Crippen LogP contribution in [0.25, 0.3) is 10.9 Å². The van der Waals surface area contributed by atoms with Gasteiger partial charge in [-0.3, -0.25) is 0 Å². The quantitative estimate of drug-likeness (QED) is 0.751. The zero-order valence-corrected chi connectivity index (χ0v) is 9.50. The number of benzene rings is 1. The Balaban J connectivity index is 2.03. The van der Waals surface area contributed by atoms with Gasteiger partial charge in [0.25, 0.3) is 0 Å². The molecule has 84 valence electrons. The van der Waals surface area contributed by atoms with Crippen LogP contribution in [0.2, 0.25) is 0 Å². The molecule has 3 rings (SSSR count). The van der Waals surface area contributed by atoms with E-state index < -0.39 is 0 Å². The maximum absolute atomic E-state index is 6.53. The zero-order chi connectivity index (χ0) is 11.0. The minimum atomic E-state index is -0.0858. The summed E-state index contributed by atoms with van der Waals surface area (Å²) in [6.45, 7) is 0. The zero-order valence-electron chi connectivity index (χ0n) is 9.50. The van der Waals surface area contributed by atoms with Crippen molar-refractivity contribution in [3.8, 4) is 0 Å². The molecule has 0 unspecified atom stereocenters. The largest absolute Gasteiger partial charge is 0.361 e. The Kier molecular flexibility index (Phi) is 2.25. The number of hydrogen-bond donors (Lipinski definition) is 2. The average molecular weight is 214 g/mol. The minimum absolute atomic E-state index is 0.0858. The molecule has 0 aliphatic heterocycles. The number of hydrogen-bond acceptors (Lipinski definition) is 1. The number of fused-ring (bicyclic) bond motifs is 1. The van der Waals surface area contributed by atoms with Crippen LogP contribution >= 0.6 is 0 Å². The first-order chi connectivity index (χ1) is 7.78. The van der Waals surface area contributed by atoms with Crippen LogP contribution in [0, 0.1) is 0 Å². The van der Waals surface area contributed by atoms with Crippen LogP contribution in [-0.2, 0) is 5.54 Å². The Labute approximate surface area is 95.8 Å². The van der Waals surface area contributed by atoms with Crippen molar-refractivity contribution < 1.29 is 0 Å². The summed E-state index contributed by atoms with van der Waals surface area (Å²) < 4.78 is 0. The molecule has 2 nitrogen and oxygen atoms in total. The first-order valence-electron chi connectivity index (χ1n) is 6.14. The molecule has 1 aliphatic rings. The second-order valence-corrected chi connectivity index (χ2v) is 5.00. The van der Waals surface area contributed by atoms with Gasteiger partial charge < -0.3 is 10.7 Å². The second-order valence-electron chi connectivity index (χ2n) is 5.00. The van der Waals surface area contributed by atoms with Crippen LogP contribution in [0.5, 0.6) is 0 Å². The fourth-order valence-corrected chi connectivity index (χ4v) is 2.83. The van der Waals surface area contributed by atoms with Crippen molar-refractivity contribution in [2.45, 2.75) is 37.6 Å². The fourth-order valence-electron chi connectivity index (χ4n) is 2.83. The minimum Gasteiger partial charge on any atom is -0.361 e. The van der Waals surface area contributed by atoms with Gasteiger partial charge >= 0.3 is 0 Å². The van der Waals surface area contributed by atoms with Gasteiger partial charge in [0.05, 0.1) is 0 Å². The van der Waals surface area contributed by atoms with Gasteiger partial charge in [-0.25, -0.2) is 0 Å². The van der Waals surface area contributed by atoms with E-state index in [1.165, 1.54) is 35.7 Å². The highest BCUT2D eigenvalue weighted by Crippen LogP contribution is 2.35. The molecule has 1 aromatic carbocycles. The molecule has 0 atom stereocenters. The molecule has 0 amide bonds. The predicted octanol–water partition coefficient (Wildman–Crippen LogP) is 3.29. The molecule has 0 bridgehead atoms. The third-order valence-corrected chi connectivity index (χ3v) is 3.88. The van der Waals surface area contributed by atoms with E-state index in [0.717, 1.165) is 12.8 Å². The lowest BCUT2D eigenvalue weighted by atomic mass is 9.77. The molecule has 2 heteroatoms. The van der Waals surface area contributed by atoms with E-state index in [1.54, 1.807) is 0 Å². The molecule has 1 heterocycles. The van der Waals surface area contributed by atoms with Crippen LogP contribution in [0.15, 0.2) is 30.5 Å². The van der Waals surface area contributed by atoms with Gasteiger partial charge in [-0.05, 0) is 35.9 Å². The standard InChI is InChI=1S/C14H18N2/c15-14(7-2-1-3-8-14)12-5-4-11-6-9-16-13(11)10-12/h4-6,9-10,16H,1-3,7-8,15H2. The molecule has 1 saturated carbocycles. The van der Waals surface area contributed by atoms with Crippen LogP contribution in [-0.4, -0.2) is 4.98 Å². The first-order valence-corrected chi connectivity index (χ1v) is 6.14. The smallest absolute Gasteiger partial charge is 0.0457 e. The number of aromatic amines is 1. The predicted molar refractivity (Wildman–Crippen MR) is 67.2 cm³/mol. The van der Waals surface area contributed by atoms with E-state index >= 15 is 0 Å². The summed E-state index contributed by atoms with van der Waals surface area (Å²) in [5.74, 6) is 0. The molecule has 3 N–H and O–H groups in total. The second kappa shape index (κ2) is 3.63. The van der Waals surface area contributed by atoms with Crippen molar-refractivity contribution in [2.75, 3.05) is 0 Å². The van der Waals surface area contributed by atoms with Crippen LogP contribution in [0.3, 0.4) is 0 Å². The van der Waals surface area contributed by atoms with Crippen LogP contribution < -0.4 is 5.73 Å². The maximum Gasteiger partial charge on any atom is 0.0457 e. The van der Waals surface area contributed by atoms with E-state index in [1.807, 2.05) is 6.20 Å². The van der Waals surface area contributed by atoms with Crippen molar-refractivity contribution in [3.63, 3.8) is 0 Å². The van der Waals surface area contributed by atoms with Crippen molar-refractivity contribution in [1.82, 2.24) is 4.98 Å². The Bertz CT molecular complexity index is 492. The highest BCUT2D eigenvalue weighted by molar-refractivity contribution is 5.80. The normalized spacial score (nSPS) is 20.1. The van der Waals surface area contributed by atoms with E-state index in [4.69, 9.17) is 5.73 Å². The molecular weight excluding hydrogens is 196 g/mol. The maximum atomic E-state index is 6.53. The molecule has 0 saturated heterocycles. The van der Waals surface area contributed by atoms with Gasteiger partial charge in [-0.2, -0.15) is 0 Å². The van der Waals surface area contributed by atoms with E-state index in [2.05, 4.69) is 29.2 Å². The summed E-state index contributed by atoms with van der Waals surface area (Å²) in [6.07, 6.45) is 8.10. The van der Waals surface area contributed by atoms with Crippen molar-refractivity contribution in [2.24, 2.45) is 5.73 Å². The van der Waals surface area contributed by atoms with Crippen molar-refractivity contribution in [1.29, 1.82) is 0 Å². The van der Waals surface area contributed by atoms with Gasteiger partial charge in [0, 0.05) is 17.3 Å². The highest BCUT2D eigenvalue weighted by atomic mass is 14.7. The summed E-state index contributed by atoms with van der Waals surface area (Å²) in [5, 5.41) is 1.27. The van der Waals surface area contributed by atoms with E-state index in [9.17, 15) is 0 Å². The number of rotatable bonds is 1. The summed E-state index contributed by atoms with van der Waals surface area (Å²) in [6, 6.07) is 8.69. The Morgan fingerprint density at radius 1 is 1.06 bits per heavy atom. The topological polar surface area (TPSA) is 41.8 Å². The summed E-state index contributed by atoms with van der Waals surface area (Å²) in [7, 11) is 0. The third kappa shape index (κ3) is 1.54. The highest BCUT2D eigenvalue weighted by Gasteiger charge is 2.29. The van der Waals surface area contributed by atoms with Gasteiger partial charge in [0.15, 0.2) is 0 Å². The lowest BCUT2D eigenvalue weighted by Crippen LogP contribution is -2.38. The number of H-pyrrole nitrogens is 1. The number of aromatic nitrogens is 1. The first kappa shape index (κ1) is 9.91. The molecule has 2 aromatic rings. The molecule has 1 aromatic heterocycles. The number of nitrogens with one attached hydrogen (secondary N) is 1. The third-order valence-electron chi connectivity index (χ3n) is 3.88. The lowest BCUT2D eigenvalue weighted by Gasteiger charge is -2.34. The Hall–Kier alpha value is -1.28. The Morgan fingerprint density at radius 3 is 2.69 bits per heavy atom. The number of nitrogens with two attached hydrogens (primary N) is 1. The van der Waals surface area contributed by atoms with Gasteiger partial charge in [-0.1, -0.05) is 31.4 Å². The van der Waals surface area contributed by atoms with Crippen molar-refractivity contribution >= 4 is 10.9 Å². The average Bonchev–Trinajstić information content (AvgIpc) is 2.77. The summed E-state index contributed by atoms with van der Waals surface area (Å²) in [5.41, 5.74) is 8.94. The van der Waals surface area contributed by atoms with E-state index in [-0.39, 0.29) is 5.54 Å². The van der Waals surface area contributed by atoms with Crippen LogP contribution in [0.4, 0.5) is 0 Å². The molecule has 1 fully saturated rings. The summed E-state index contributed by atoms with van der Waals surface area (Å²) in [4.78, 5) is 3.26. The van der Waals surface area contributed by atoms with Gasteiger partial charge in [-0.15, -0.1) is 0 Å². The Morgan fingerprint density at radius 2 is 1.88 bits per heavy atom. The lowest BCUT2D eigenvalue weighted by molar-refractivity contribution is 0.302. The SMILES string of the molecule is NC1(c2ccc3cc[nH]c3c2)CCCCC1.